The van der Waals surface area contributed by atoms with Gasteiger partial charge in [0.05, 0.1) is 28.3 Å². The van der Waals surface area contributed by atoms with Crippen molar-refractivity contribution in [3.63, 3.8) is 0 Å². The van der Waals surface area contributed by atoms with Crippen LogP contribution in [0.15, 0.2) is 115 Å². The second-order valence-electron chi connectivity index (χ2n) is 11.1. The molecule has 2 aliphatic rings. The molecular formula is C39H25F3N4. The van der Waals surface area contributed by atoms with E-state index in [-0.39, 0.29) is 11.2 Å². The maximum Gasteiger partial charge on any atom is 0.420 e. The van der Waals surface area contributed by atoms with Gasteiger partial charge in [0.15, 0.2) is 0 Å². The molecule has 2 N–H and O–H groups in total. The molecule has 8 bridgehead atoms. The van der Waals surface area contributed by atoms with E-state index in [1.807, 2.05) is 115 Å². The van der Waals surface area contributed by atoms with E-state index in [0.29, 0.717) is 28.0 Å². The minimum atomic E-state index is -4.67. The molecule has 0 fully saturated rings. The summed E-state index contributed by atoms with van der Waals surface area (Å²) in [6.45, 7) is 0. The number of fused-ring (bicyclic) bond motifs is 8. The van der Waals surface area contributed by atoms with Crippen LogP contribution < -0.4 is 0 Å². The molecule has 0 amide bonds. The SMILES string of the molecule is FC(F)(F)c1c2nc(c(-c3ccccc3)c3ccc([nH]3)c(-c3ccccc3)c3nc(c(-c4ccccc4)c4ccc1[nH]4)C=C3)C=C2. The van der Waals surface area contributed by atoms with Gasteiger partial charge in [0.2, 0.25) is 0 Å². The van der Waals surface area contributed by atoms with Crippen molar-refractivity contribution in [3.05, 3.63) is 144 Å². The van der Waals surface area contributed by atoms with E-state index in [1.54, 1.807) is 12.1 Å². The largest absolute Gasteiger partial charge is 0.420 e. The Morgan fingerprint density at radius 1 is 0.391 bits per heavy atom. The number of nitrogens with zero attached hydrogens (tertiary/aromatic N) is 2. The van der Waals surface area contributed by atoms with E-state index in [9.17, 15) is 13.2 Å². The number of rotatable bonds is 3. The number of alkyl halides is 3. The van der Waals surface area contributed by atoms with Crippen LogP contribution in [0.5, 0.6) is 0 Å². The second kappa shape index (κ2) is 10.9. The van der Waals surface area contributed by atoms with Gasteiger partial charge in [-0.1, -0.05) is 91.0 Å². The van der Waals surface area contributed by atoms with Crippen LogP contribution in [-0.2, 0) is 6.18 Å². The van der Waals surface area contributed by atoms with E-state index in [1.165, 1.54) is 12.1 Å². The number of H-pyrrole nitrogens is 2. The molecular weight excluding hydrogens is 581 g/mol. The van der Waals surface area contributed by atoms with E-state index in [2.05, 4.69) is 15.0 Å². The first-order chi connectivity index (χ1) is 22.4. The molecule has 2 aliphatic heterocycles. The zero-order chi connectivity index (χ0) is 31.3. The van der Waals surface area contributed by atoms with Gasteiger partial charge in [0.1, 0.15) is 5.56 Å². The van der Waals surface area contributed by atoms with E-state index >= 15 is 0 Å². The Labute approximate surface area is 262 Å². The monoisotopic (exact) mass is 606 g/mol. The number of benzene rings is 3. The summed E-state index contributed by atoms with van der Waals surface area (Å²) in [6.07, 6.45) is 2.31. The highest BCUT2D eigenvalue weighted by atomic mass is 19.4. The minimum Gasteiger partial charge on any atom is -0.354 e. The van der Waals surface area contributed by atoms with Crippen LogP contribution in [0.3, 0.4) is 0 Å². The van der Waals surface area contributed by atoms with Crippen molar-refractivity contribution >= 4 is 46.4 Å². The fraction of sp³-hybridized carbons (Fsp3) is 0.0256. The van der Waals surface area contributed by atoms with Crippen LogP contribution in [0, 0.1) is 0 Å². The summed E-state index contributed by atoms with van der Waals surface area (Å²) in [6, 6.07) is 36.3. The van der Waals surface area contributed by atoms with Crippen molar-refractivity contribution in [2.45, 2.75) is 6.18 Å². The van der Waals surface area contributed by atoms with Crippen molar-refractivity contribution in [2.75, 3.05) is 0 Å². The van der Waals surface area contributed by atoms with E-state index in [0.717, 1.165) is 39.0 Å². The Balaban J connectivity index is 1.59. The maximum atomic E-state index is 14.8. The van der Waals surface area contributed by atoms with Gasteiger partial charge in [-0.15, -0.1) is 0 Å². The third-order valence-electron chi connectivity index (χ3n) is 8.22. The molecule has 0 aliphatic carbocycles. The molecule has 46 heavy (non-hydrogen) atoms. The fourth-order valence-electron chi connectivity index (χ4n) is 6.23. The molecule has 3 aromatic carbocycles. The third-order valence-corrected chi connectivity index (χ3v) is 8.22. The first-order valence-electron chi connectivity index (χ1n) is 14.8. The molecule has 3 aromatic heterocycles. The van der Waals surface area contributed by atoms with E-state index in [4.69, 9.17) is 4.98 Å². The van der Waals surface area contributed by atoms with Crippen molar-refractivity contribution in [1.29, 1.82) is 0 Å². The van der Waals surface area contributed by atoms with Gasteiger partial charge >= 0.3 is 6.18 Å². The minimum absolute atomic E-state index is 0.0700. The van der Waals surface area contributed by atoms with Crippen LogP contribution in [0.25, 0.3) is 79.8 Å². The lowest BCUT2D eigenvalue weighted by Gasteiger charge is -2.08. The Bertz CT molecular complexity index is 2290. The molecule has 5 heterocycles. The van der Waals surface area contributed by atoms with Gasteiger partial charge in [-0.3, -0.25) is 0 Å². The molecule has 0 saturated heterocycles. The maximum absolute atomic E-state index is 14.8. The van der Waals surface area contributed by atoms with Gasteiger partial charge in [-0.05, 0) is 65.3 Å². The summed E-state index contributed by atoms with van der Waals surface area (Å²) in [7, 11) is 0. The van der Waals surface area contributed by atoms with Crippen molar-refractivity contribution < 1.29 is 13.2 Å². The van der Waals surface area contributed by atoms with Crippen molar-refractivity contribution in [1.82, 2.24) is 19.9 Å². The molecule has 8 rings (SSSR count). The molecule has 4 nitrogen and oxygen atoms in total. The zero-order valence-corrected chi connectivity index (χ0v) is 24.3. The van der Waals surface area contributed by atoms with E-state index < -0.39 is 11.7 Å². The Morgan fingerprint density at radius 2 is 0.717 bits per heavy atom. The highest BCUT2D eigenvalue weighted by Crippen LogP contribution is 2.39. The second-order valence-corrected chi connectivity index (χ2v) is 11.1. The number of aromatic nitrogens is 4. The molecule has 0 spiro atoms. The van der Waals surface area contributed by atoms with Crippen LogP contribution >= 0.6 is 0 Å². The number of nitrogens with one attached hydrogen (secondary N) is 2. The molecule has 0 saturated carbocycles. The summed E-state index contributed by atoms with van der Waals surface area (Å²) in [4.78, 5) is 16.4. The number of hydrogen-bond acceptors (Lipinski definition) is 2. The average molecular weight is 607 g/mol. The Hall–Kier alpha value is -5.95. The summed E-state index contributed by atoms with van der Waals surface area (Å²) < 4.78 is 44.5. The highest BCUT2D eigenvalue weighted by molar-refractivity contribution is 5.97. The van der Waals surface area contributed by atoms with Gasteiger partial charge in [-0.2, -0.15) is 13.2 Å². The van der Waals surface area contributed by atoms with Crippen LogP contribution in [0.4, 0.5) is 13.2 Å². The van der Waals surface area contributed by atoms with Crippen LogP contribution in [-0.4, -0.2) is 19.9 Å². The first-order valence-corrected chi connectivity index (χ1v) is 14.8. The summed E-state index contributed by atoms with van der Waals surface area (Å²) in [5, 5.41) is 0. The topological polar surface area (TPSA) is 57.4 Å². The van der Waals surface area contributed by atoms with Gasteiger partial charge in [0, 0.05) is 33.2 Å². The smallest absolute Gasteiger partial charge is 0.354 e. The summed E-state index contributed by atoms with van der Waals surface area (Å²) in [5.41, 5.74) is 7.75. The molecule has 6 aromatic rings. The molecule has 0 unspecified atom stereocenters. The summed E-state index contributed by atoms with van der Waals surface area (Å²) in [5.74, 6) is 0. The van der Waals surface area contributed by atoms with Crippen molar-refractivity contribution in [3.8, 4) is 33.4 Å². The van der Waals surface area contributed by atoms with Crippen LogP contribution in [0.1, 0.15) is 28.3 Å². The predicted octanol–water partition coefficient (Wildman–Crippen LogP) is 10.7. The lowest BCUT2D eigenvalue weighted by molar-refractivity contribution is -0.136. The molecule has 7 heteroatoms. The number of halogens is 3. The van der Waals surface area contributed by atoms with Gasteiger partial charge in [-0.25, -0.2) is 9.97 Å². The normalized spacial score (nSPS) is 12.5. The highest BCUT2D eigenvalue weighted by Gasteiger charge is 2.36. The summed E-state index contributed by atoms with van der Waals surface area (Å²) >= 11 is 0. The molecule has 222 valence electrons. The quantitative estimate of drug-likeness (QED) is 0.210. The van der Waals surface area contributed by atoms with Crippen LogP contribution in [0.2, 0.25) is 0 Å². The lowest BCUT2D eigenvalue weighted by Crippen LogP contribution is -2.08. The Kier molecular flexibility index (Phi) is 6.53. The third kappa shape index (κ3) is 4.82. The van der Waals surface area contributed by atoms with Gasteiger partial charge < -0.3 is 9.97 Å². The zero-order valence-electron chi connectivity index (χ0n) is 24.3. The molecule has 0 atom stereocenters. The average Bonchev–Trinajstić information content (AvgIpc) is 3.89. The van der Waals surface area contributed by atoms with Gasteiger partial charge in [0.25, 0.3) is 0 Å². The predicted molar refractivity (Wildman–Crippen MR) is 180 cm³/mol. The van der Waals surface area contributed by atoms with Crippen molar-refractivity contribution in [2.24, 2.45) is 0 Å². The first kappa shape index (κ1) is 27.6. The number of hydrogen-bond donors (Lipinski definition) is 2. The lowest BCUT2D eigenvalue weighted by atomic mass is 10.0. The fourth-order valence-corrected chi connectivity index (χ4v) is 6.23. The Morgan fingerprint density at radius 3 is 1.11 bits per heavy atom. The molecule has 0 radical (unpaired) electrons. The number of aromatic amines is 2. The standard InChI is InChI=1S/C39H25F3N4/c40-39(41,42)38-33-22-20-31(45-33)36(25-12-6-2-7-13-25)29-18-16-27(43-29)35(24-10-4-1-5-11-24)28-17-19-30(44-28)37(26-14-8-3-9-15-26)32-21-23-34(38)46-32/h1-23,43,46H.